The first-order chi connectivity index (χ1) is 14.1. The maximum absolute atomic E-state index is 13.1. The Bertz CT molecular complexity index is 1170. The highest BCUT2D eigenvalue weighted by Gasteiger charge is 2.17. The van der Waals surface area contributed by atoms with Crippen LogP contribution in [0, 0.1) is 5.82 Å². The molecule has 1 amide bonds. The molecule has 4 rings (SSSR count). The number of halogens is 1. The van der Waals surface area contributed by atoms with Gasteiger partial charge in [-0.2, -0.15) is 5.10 Å². The molecule has 0 spiro atoms. The standard InChI is InChI=1S/C23H16FN3O2/c24-17-12-10-15(11-13-17)20-14-21(27-26-20)23(29)25-19-9-5-4-8-18(19)22(28)16-6-2-1-3-7-16/h1-14H,(H,25,29)(H,26,27). The second-order valence-corrected chi connectivity index (χ2v) is 6.37. The number of hydrogen-bond acceptors (Lipinski definition) is 3. The van der Waals surface area contributed by atoms with Gasteiger partial charge in [-0.25, -0.2) is 4.39 Å². The minimum atomic E-state index is -0.431. The average Bonchev–Trinajstić information content (AvgIpc) is 3.25. The van der Waals surface area contributed by atoms with Gasteiger partial charge in [0.05, 0.1) is 11.4 Å². The Morgan fingerprint density at radius 1 is 0.862 bits per heavy atom. The number of amides is 1. The second kappa shape index (κ2) is 7.90. The van der Waals surface area contributed by atoms with Gasteiger partial charge in [-0.05, 0) is 42.5 Å². The number of nitrogens with zero attached hydrogens (tertiary/aromatic N) is 1. The first kappa shape index (κ1) is 18.3. The molecule has 0 unspecified atom stereocenters. The number of benzene rings is 3. The van der Waals surface area contributed by atoms with Crippen LogP contribution in [0.4, 0.5) is 10.1 Å². The van der Waals surface area contributed by atoms with Crippen molar-refractivity contribution in [2.45, 2.75) is 0 Å². The van der Waals surface area contributed by atoms with Gasteiger partial charge in [-0.3, -0.25) is 14.7 Å². The quantitative estimate of drug-likeness (QED) is 0.489. The largest absolute Gasteiger partial charge is 0.320 e. The van der Waals surface area contributed by atoms with Gasteiger partial charge in [0.1, 0.15) is 11.5 Å². The third-order valence-corrected chi connectivity index (χ3v) is 4.42. The van der Waals surface area contributed by atoms with E-state index in [1.807, 2.05) is 6.07 Å². The number of aromatic amines is 1. The lowest BCUT2D eigenvalue weighted by Crippen LogP contribution is -2.15. The zero-order valence-electron chi connectivity index (χ0n) is 15.2. The summed E-state index contributed by atoms with van der Waals surface area (Å²) >= 11 is 0. The third-order valence-electron chi connectivity index (χ3n) is 4.42. The van der Waals surface area contributed by atoms with Crippen molar-refractivity contribution in [3.8, 4) is 11.3 Å². The molecule has 0 atom stereocenters. The Labute approximate surface area is 166 Å². The molecule has 0 aliphatic carbocycles. The molecule has 0 bridgehead atoms. The topological polar surface area (TPSA) is 74.8 Å². The van der Waals surface area contributed by atoms with Crippen LogP contribution in [-0.4, -0.2) is 21.9 Å². The fourth-order valence-corrected chi connectivity index (χ4v) is 2.93. The summed E-state index contributed by atoms with van der Waals surface area (Å²) in [6, 6.07) is 23.1. The molecular weight excluding hydrogens is 369 g/mol. The molecule has 0 fully saturated rings. The summed E-state index contributed by atoms with van der Waals surface area (Å²) in [6.45, 7) is 0. The summed E-state index contributed by atoms with van der Waals surface area (Å²) in [6.07, 6.45) is 0. The van der Waals surface area contributed by atoms with Crippen LogP contribution in [0.5, 0.6) is 0 Å². The molecule has 4 aromatic rings. The highest BCUT2D eigenvalue weighted by molar-refractivity contribution is 6.15. The highest BCUT2D eigenvalue weighted by atomic mass is 19.1. The van der Waals surface area contributed by atoms with Crippen molar-refractivity contribution in [1.82, 2.24) is 10.2 Å². The predicted octanol–water partition coefficient (Wildman–Crippen LogP) is 4.70. The zero-order chi connectivity index (χ0) is 20.2. The van der Waals surface area contributed by atoms with Crippen molar-refractivity contribution in [3.05, 3.63) is 108 Å². The summed E-state index contributed by atoms with van der Waals surface area (Å²) < 4.78 is 13.1. The van der Waals surface area contributed by atoms with Gasteiger partial charge in [-0.1, -0.05) is 42.5 Å². The molecule has 0 saturated carbocycles. The fourth-order valence-electron chi connectivity index (χ4n) is 2.93. The Morgan fingerprint density at radius 3 is 2.31 bits per heavy atom. The van der Waals surface area contributed by atoms with Crippen LogP contribution in [-0.2, 0) is 0 Å². The molecule has 29 heavy (non-hydrogen) atoms. The normalized spacial score (nSPS) is 10.5. The molecule has 0 saturated heterocycles. The lowest BCUT2D eigenvalue weighted by atomic mass is 10.0. The number of rotatable bonds is 5. The van der Waals surface area contributed by atoms with Crippen LogP contribution < -0.4 is 5.32 Å². The van der Waals surface area contributed by atoms with E-state index in [0.717, 1.165) is 0 Å². The second-order valence-electron chi connectivity index (χ2n) is 6.37. The molecule has 5 nitrogen and oxygen atoms in total. The minimum Gasteiger partial charge on any atom is -0.320 e. The number of aromatic nitrogens is 2. The Balaban J connectivity index is 1.57. The van der Waals surface area contributed by atoms with Crippen LogP contribution in [0.15, 0.2) is 84.9 Å². The van der Waals surface area contributed by atoms with Crippen molar-refractivity contribution >= 4 is 17.4 Å². The number of nitrogens with one attached hydrogen (secondary N) is 2. The van der Waals surface area contributed by atoms with E-state index in [2.05, 4.69) is 15.5 Å². The molecule has 142 valence electrons. The molecule has 0 radical (unpaired) electrons. The van der Waals surface area contributed by atoms with Crippen LogP contribution in [0.2, 0.25) is 0 Å². The number of H-pyrrole nitrogens is 1. The van der Waals surface area contributed by atoms with E-state index in [0.29, 0.717) is 28.1 Å². The highest BCUT2D eigenvalue weighted by Crippen LogP contribution is 2.22. The van der Waals surface area contributed by atoms with Gasteiger partial charge in [0.25, 0.3) is 5.91 Å². The van der Waals surface area contributed by atoms with E-state index in [4.69, 9.17) is 0 Å². The van der Waals surface area contributed by atoms with Gasteiger partial charge in [0, 0.05) is 16.7 Å². The van der Waals surface area contributed by atoms with Crippen LogP contribution in [0.1, 0.15) is 26.4 Å². The number of carbonyl (C=O) groups excluding carboxylic acids is 2. The van der Waals surface area contributed by atoms with Crippen molar-refractivity contribution in [3.63, 3.8) is 0 Å². The lowest BCUT2D eigenvalue weighted by molar-refractivity contribution is 0.102. The van der Waals surface area contributed by atoms with Gasteiger partial charge < -0.3 is 5.32 Å². The lowest BCUT2D eigenvalue weighted by Gasteiger charge is -2.09. The minimum absolute atomic E-state index is 0.182. The van der Waals surface area contributed by atoms with Gasteiger partial charge in [-0.15, -0.1) is 0 Å². The number of carbonyl (C=O) groups is 2. The molecule has 6 heteroatoms. The Hall–Kier alpha value is -4.06. The molecule has 1 heterocycles. The van der Waals surface area contributed by atoms with Gasteiger partial charge in [0.15, 0.2) is 5.78 Å². The van der Waals surface area contributed by atoms with E-state index in [1.165, 1.54) is 12.1 Å². The van der Waals surface area contributed by atoms with Crippen molar-refractivity contribution in [2.24, 2.45) is 0 Å². The van der Waals surface area contributed by atoms with Crippen LogP contribution in [0.25, 0.3) is 11.3 Å². The SMILES string of the molecule is O=C(Nc1ccccc1C(=O)c1ccccc1)c1cc(-c2ccc(F)cc2)n[nH]1. The van der Waals surface area contributed by atoms with Gasteiger partial charge in [0.2, 0.25) is 0 Å². The first-order valence-corrected chi connectivity index (χ1v) is 8.93. The molecule has 3 aromatic carbocycles. The molecule has 1 aromatic heterocycles. The number of hydrogen-bond donors (Lipinski definition) is 2. The maximum Gasteiger partial charge on any atom is 0.273 e. The van der Waals surface area contributed by atoms with Crippen molar-refractivity contribution in [2.75, 3.05) is 5.32 Å². The van der Waals surface area contributed by atoms with Crippen molar-refractivity contribution in [1.29, 1.82) is 0 Å². The maximum atomic E-state index is 13.1. The average molecular weight is 385 g/mol. The number of anilines is 1. The molecule has 0 aliphatic heterocycles. The first-order valence-electron chi connectivity index (χ1n) is 8.93. The fraction of sp³-hybridized carbons (Fsp3) is 0. The van der Waals surface area contributed by atoms with E-state index < -0.39 is 5.91 Å². The van der Waals surface area contributed by atoms with E-state index in [1.54, 1.807) is 66.7 Å². The smallest absolute Gasteiger partial charge is 0.273 e. The van der Waals surface area contributed by atoms with E-state index >= 15 is 0 Å². The zero-order valence-corrected chi connectivity index (χ0v) is 15.2. The summed E-state index contributed by atoms with van der Waals surface area (Å²) in [5.74, 6) is -0.959. The molecule has 0 aliphatic rings. The van der Waals surface area contributed by atoms with Crippen LogP contribution in [0.3, 0.4) is 0 Å². The van der Waals surface area contributed by atoms with Crippen molar-refractivity contribution < 1.29 is 14.0 Å². The summed E-state index contributed by atoms with van der Waals surface area (Å²) in [5.41, 5.74) is 2.76. The Kier molecular flexibility index (Phi) is 4.99. The van der Waals surface area contributed by atoms with E-state index in [9.17, 15) is 14.0 Å². The summed E-state index contributed by atoms with van der Waals surface area (Å²) in [5, 5.41) is 9.55. The summed E-state index contributed by atoms with van der Waals surface area (Å²) in [7, 11) is 0. The molecular formula is C23H16FN3O2. The number of para-hydroxylation sites is 1. The summed E-state index contributed by atoms with van der Waals surface area (Å²) in [4.78, 5) is 25.5. The monoisotopic (exact) mass is 385 g/mol. The van der Waals surface area contributed by atoms with Gasteiger partial charge >= 0.3 is 0 Å². The predicted molar refractivity (Wildman–Crippen MR) is 108 cm³/mol. The van der Waals surface area contributed by atoms with Crippen LogP contribution >= 0.6 is 0 Å². The third kappa shape index (κ3) is 3.96. The van der Waals surface area contributed by atoms with E-state index in [-0.39, 0.29) is 17.3 Å². The molecule has 2 N–H and O–H groups in total. The number of ketones is 1. The Morgan fingerprint density at radius 2 is 1.55 bits per heavy atom.